The summed E-state index contributed by atoms with van der Waals surface area (Å²) in [7, 11) is 0. The molecule has 0 fully saturated rings. The Bertz CT molecular complexity index is 815. The first kappa shape index (κ1) is 20.2. The molecule has 1 N–H and O–H groups in total. The first-order valence-corrected chi connectivity index (χ1v) is 8.33. The Morgan fingerprint density at radius 1 is 1.04 bits per heavy atom. The van der Waals surface area contributed by atoms with Crippen molar-refractivity contribution in [1.29, 1.82) is 0 Å². The minimum absolute atomic E-state index is 0.196. The minimum atomic E-state index is -0.779. The highest BCUT2D eigenvalue weighted by molar-refractivity contribution is 5.94. The van der Waals surface area contributed by atoms with Crippen LogP contribution in [-0.2, 0) is 16.1 Å². The van der Waals surface area contributed by atoms with Crippen molar-refractivity contribution in [1.82, 2.24) is 10.2 Å². The van der Waals surface area contributed by atoms with Crippen LogP contribution in [0.25, 0.3) is 6.08 Å². The van der Waals surface area contributed by atoms with Crippen molar-refractivity contribution in [2.75, 3.05) is 13.1 Å². The summed E-state index contributed by atoms with van der Waals surface area (Å²) in [6, 6.07) is 9.08. The van der Waals surface area contributed by atoms with Crippen LogP contribution in [0.2, 0.25) is 0 Å². The fourth-order valence-corrected chi connectivity index (χ4v) is 2.31. The maximum absolute atomic E-state index is 13.6. The Hall–Kier alpha value is -3.09. The van der Waals surface area contributed by atoms with Crippen LogP contribution in [0.5, 0.6) is 0 Å². The van der Waals surface area contributed by atoms with E-state index in [4.69, 9.17) is 0 Å². The van der Waals surface area contributed by atoms with Gasteiger partial charge in [0.15, 0.2) is 0 Å². The Morgan fingerprint density at radius 2 is 1.67 bits per heavy atom. The largest absolute Gasteiger partial charge is 0.350 e. The standard InChI is InChI=1S/C20H19F3N2O2/c1-2-25(13-19(26)24-12-14-6-8-15(21)9-7-14)20(27)11-10-16-17(22)4-3-5-18(16)23/h3-11H,2,12-13H2,1H3,(H,24,26)/b11-10+. The quantitative estimate of drug-likeness (QED) is 0.754. The minimum Gasteiger partial charge on any atom is -0.350 e. The summed E-state index contributed by atoms with van der Waals surface area (Å²) in [6.07, 6.45) is 2.07. The first-order chi connectivity index (χ1) is 12.9. The van der Waals surface area contributed by atoms with Gasteiger partial charge in [0, 0.05) is 24.7 Å². The predicted octanol–water partition coefficient (Wildman–Crippen LogP) is 3.28. The molecule has 2 aromatic carbocycles. The van der Waals surface area contributed by atoms with E-state index in [-0.39, 0.29) is 31.0 Å². The van der Waals surface area contributed by atoms with Gasteiger partial charge in [0.2, 0.25) is 11.8 Å². The number of carbonyl (C=O) groups is 2. The number of rotatable bonds is 7. The summed E-state index contributed by atoms with van der Waals surface area (Å²) < 4.78 is 40.0. The zero-order chi connectivity index (χ0) is 19.8. The summed E-state index contributed by atoms with van der Waals surface area (Å²) in [6.45, 7) is 1.91. The van der Waals surface area contributed by atoms with Crippen molar-refractivity contribution in [3.05, 3.63) is 77.1 Å². The van der Waals surface area contributed by atoms with E-state index in [1.165, 1.54) is 23.1 Å². The van der Waals surface area contributed by atoms with Gasteiger partial charge in [-0.25, -0.2) is 13.2 Å². The summed E-state index contributed by atoms with van der Waals surface area (Å²) >= 11 is 0. The van der Waals surface area contributed by atoms with Gasteiger partial charge < -0.3 is 10.2 Å². The van der Waals surface area contributed by atoms with Gasteiger partial charge in [-0.2, -0.15) is 0 Å². The molecule has 2 aromatic rings. The lowest BCUT2D eigenvalue weighted by molar-refractivity contribution is -0.132. The second kappa shape index (κ2) is 9.56. The maximum Gasteiger partial charge on any atom is 0.247 e. The number of nitrogens with zero attached hydrogens (tertiary/aromatic N) is 1. The molecule has 0 bridgehead atoms. The molecule has 0 aliphatic rings. The van der Waals surface area contributed by atoms with Gasteiger partial charge in [-0.1, -0.05) is 18.2 Å². The van der Waals surface area contributed by atoms with E-state index in [1.807, 2.05) is 0 Å². The van der Waals surface area contributed by atoms with Crippen LogP contribution in [0, 0.1) is 17.5 Å². The van der Waals surface area contributed by atoms with Crippen LogP contribution in [-0.4, -0.2) is 29.8 Å². The fraction of sp³-hybridized carbons (Fsp3) is 0.200. The number of halogens is 3. The molecule has 0 saturated heterocycles. The van der Waals surface area contributed by atoms with Gasteiger partial charge in [-0.05, 0) is 42.8 Å². The number of amides is 2. The number of hydrogen-bond acceptors (Lipinski definition) is 2. The molecule has 2 amide bonds. The maximum atomic E-state index is 13.6. The molecule has 0 heterocycles. The zero-order valence-electron chi connectivity index (χ0n) is 14.7. The Kier molecular flexibility index (Phi) is 7.16. The number of carbonyl (C=O) groups excluding carboxylic acids is 2. The Morgan fingerprint density at radius 3 is 2.26 bits per heavy atom. The molecule has 7 heteroatoms. The number of nitrogens with one attached hydrogen (secondary N) is 1. The topological polar surface area (TPSA) is 49.4 Å². The monoisotopic (exact) mass is 376 g/mol. The van der Waals surface area contributed by atoms with Crippen LogP contribution in [0.1, 0.15) is 18.1 Å². The zero-order valence-corrected chi connectivity index (χ0v) is 14.7. The SMILES string of the molecule is CCN(CC(=O)NCc1ccc(F)cc1)C(=O)/C=C/c1c(F)cccc1F. The third-order valence-electron chi connectivity index (χ3n) is 3.82. The predicted molar refractivity (Wildman–Crippen MR) is 95.9 cm³/mol. The molecule has 2 rings (SSSR count). The molecule has 0 unspecified atom stereocenters. The van der Waals surface area contributed by atoms with E-state index in [1.54, 1.807) is 19.1 Å². The summed E-state index contributed by atoms with van der Waals surface area (Å²) in [5.74, 6) is -2.87. The van der Waals surface area contributed by atoms with Crippen molar-refractivity contribution in [2.45, 2.75) is 13.5 Å². The average Bonchev–Trinajstić information content (AvgIpc) is 2.65. The molecular formula is C20H19F3N2O2. The van der Waals surface area contributed by atoms with E-state index in [0.717, 1.165) is 24.3 Å². The molecule has 0 saturated carbocycles. The Balaban J connectivity index is 1.93. The van der Waals surface area contributed by atoms with Crippen molar-refractivity contribution < 1.29 is 22.8 Å². The molecule has 0 aliphatic heterocycles. The molecule has 0 spiro atoms. The lowest BCUT2D eigenvalue weighted by Crippen LogP contribution is -2.39. The van der Waals surface area contributed by atoms with E-state index in [2.05, 4.69) is 5.32 Å². The van der Waals surface area contributed by atoms with Gasteiger partial charge in [0.1, 0.15) is 17.5 Å². The van der Waals surface area contributed by atoms with E-state index in [9.17, 15) is 22.8 Å². The van der Waals surface area contributed by atoms with Crippen LogP contribution < -0.4 is 5.32 Å². The molecule has 0 radical (unpaired) electrons. The van der Waals surface area contributed by atoms with Crippen molar-refractivity contribution >= 4 is 17.9 Å². The van der Waals surface area contributed by atoms with Crippen molar-refractivity contribution in [3.8, 4) is 0 Å². The van der Waals surface area contributed by atoms with Crippen LogP contribution >= 0.6 is 0 Å². The number of likely N-dealkylation sites (N-methyl/N-ethyl adjacent to an activating group) is 1. The summed E-state index contributed by atoms with van der Waals surface area (Å²) in [5.41, 5.74) is 0.400. The number of benzene rings is 2. The normalized spacial score (nSPS) is 10.8. The molecule has 142 valence electrons. The molecule has 0 atom stereocenters. The highest BCUT2D eigenvalue weighted by atomic mass is 19.1. The summed E-state index contributed by atoms with van der Waals surface area (Å²) in [4.78, 5) is 25.4. The van der Waals surface area contributed by atoms with Gasteiger partial charge in [0.05, 0.1) is 6.54 Å². The Labute approximate surface area is 155 Å². The van der Waals surface area contributed by atoms with E-state index in [0.29, 0.717) is 5.56 Å². The third-order valence-corrected chi connectivity index (χ3v) is 3.82. The van der Waals surface area contributed by atoms with Crippen molar-refractivity contribution in [2.24, 2.45) is 0 Å². The third kappa shape index (κ3) is 5.99. The van der Waals surface area contributed by atoms with Crippen LogP contribution in [0.3, 0.4) is 0 Å². The molecular weight excluding hydrogens is 357 g/mol. The number of hydrogen-bond donors (Lipinski definition) is 1. The molecule has 27 heavy (non-hydrogen) atoms. The lowest BCUT2D eigenvalue weighted by atomic mass is 10.2. The van der Waals surface area contributed by atoms with Gasteiger partial charge >= 0.3 is 0 Å². The highest BCUT2D eigenvalue weighted by Crippen LogP contribution is 2.13. The van der Waals surface area contributed by atoms with Gasteiger partial charge in [-0.3, -0.25) is 9.59 Å². The van der Waals surface area contributed by atoms with Crippen LogP contribution in [0.4, 0.5) is 13.2 Å². The fourth-order valence-electron chi connectivity index (χ4n) is 2.31. The summed E-state index contributed by atoms with van der Waals surface area (Å²) in [5, 5.41) is 2.63. The van der Waals surface area contributed by atoms with E-state index < -0.39 is 23.4 Å². The second-order valence-corrected chi connectivity index (χ2v) is 5.72. The second-order valence-electron chi connectivity index (χ2n) is 5.72. The molecule has 4 nitrogen and oxygen atoms in total. The molecule has 0 aromatic heterocycles. The average molecular weight is 376 g/mol. The smallest absolute Gasteiger partial charge is 0.247 e. The van der Waals surface area contributed by atoms with E-state index >= 15 is 0 Å². The van der Waals surface area contributed by atoms with Crippen molar-refractivity contribution in [3.63, 3.8) is 0 Å². The van der Waals surface area contributed by atoms with Gasteiger partial charge in [-0.15, -0.1) is 0 Å². The molecule has 0 aliphatic carbocycles. The lowest BCUT2D eigenvalue weighted by Gasteiger charge is -2.18. The van der Waals surface area contributed by atoms with Crippen LogP contribution in [0.15, 0.2) is 48.5 Å². The highest BCUT2D eigenvalue weighted by Gasteiger charge is 2.14. The first-order valence-electron chi connectivity index (χ1n) is 8.33. The van der Waals surface area contributed by atoms with Gasteiger partial charge in [0.25, 0.3) is 0 Å².